The lowest BCUT2D eigenvalue weighted by molar-refractivity contribution is 0.0943. The minimum Gasteiger partial charge on any atom is -0.490 e. The standard InChI is InChI=1S/C19H31N3O3S/c1-6-24-17-11-15(7-8-16(17)25-12-14(4)5)18(23)21-22-19(26)20-10-9-13(2)3/h7-8,11,13-14H,6,9-10,12H2,1-5H3,(H,21,23)(H2,20,22,26). The second-order valence-corrected chi connectivity index (χ2v) is 7.23. The Balaban J connectivity index is 2.62. The van der Waals surface area contributed by atoms with Crippen molar-refractivity contribution in [2.75, 3.05) is 19.8 Å². The molecule has 1 rings (SSSR count). The van der Waals surface area contributed by atoms with Crippen LogP contribution in [0.15, 0.2) is 18.2 Å². The van der Waals surface area contributed by atoms with Gasteiger partial charge < -0.3 is 14.8 Å². The second-order valence-electron chi connectivity index (χ2n) is 6.82. The number of carbonyl (C=O) groups excluding carboxylic acids is 1. The van der Waals surface area contributed by atoms with E-state index in [9.17, 15) is 4.79 Å². The molecule has 26 heavy (non-hydrogen) atoms. The highest BCUT2D eigenvalue weighted by molar-refractivity contribution is 7.80. The largest absolute Gasteiger partial charge is 0.490 e. The summed E-state index contributed by atoms with van der Waals surface area (Å²) in [4.78, 5) is 12.3. The Morgan fingerprint density at radius 3 is 2.42 bits per heavy atom. The van der Waals surface area contributed by atoms with Crippen LogP contribution in [0.1, 0.15) is 51.4 Å². The third kappa shape index (κ3) is 8.38. The zero-order chi connectivity index (χ0) is 19.5. The molecule has 0 fully saturated rings. The quantitative estimate of drug-likeness (QED) is 0.450. The van der Waals surface area contributed by atoms with Crippen LogP contribution in [0.3, 0.4) is 0 Å². The Morgan fingerprint density at radius 1 is 1.08 bits per heavy atom. The number of nitrogens with one attached hydrogen (secondary N) is 3. The molecule has 0 saturated heterocycles. The van der Waals surface area contributed by atoms with E-state index in [1.54, 1.807) is 18.2 Å². The van der Waals surface area contributed by atoms with Gasteiger partial charge in [-0.3, -0.25) is 15.6 Å². The fraction of sp³-hybridized carbons (Fsp3) is 0.579. The molecule has 0 bridgehead atoms. The summed E-state index contributed by atoms with van der Waals surface area (Å²) in [5.74, 6) is 1.89. The fourth-order valence-electron chi connectivity index (χ4n) is 2.00. The highest BCUT2D eigenvalue weighted by Crippen LogP contribution is 2.28. The lowest BCUT2D eigenvalue weighted by Crippen LogP contribution is -2.47. The predicted molar refractivity (Wildman–Crippen MR) is 109 cm³/mol. The molecule has 7 heteroatoms. The van der Waals surface area contributed by atoms with Gasteiger partial charge in [-0.2, -0.15) is 0 Å². The first-order chi connectivity index (χ1) is 12.3. The third-order valence-corrected chi connectivity index (χ3v) is 3.62. The van der Waals surface area contributed by atoms with Crippen molar-refractivity contribution in [1.82, 2.24) is 16.2 Å². The van der Waals surface area contributed by atoms with Gasteiger partial charge in [0.1, 0.15) is 0 Å². The summed E-state index contributed by atoms with van der Waals surface area (Å²) in [6, 6.07) is 5.12. The first-order valence-electron chi connectivity index (χ1n) is 9.07. The van der Waals surface area contributed by atoms with Crippen LogP contribution in [0.25, 0.3) is 0 Å². The molecule has 0 aliphatic carbocycles. The number of rotatable bonds is 9. The van der Waals surface area contributed by atoms with Crippen molar-refractivity contribution < 1.29 is 14.3 Å². The summed E-state index contributed by atoms with van der Waals surface area (Å²) in [5, 5.41) is 3.44. The molecule has 0 saturated carbocycles. The lowest BCUT2D eigenvalue weighted by Gasteiger charge is -2.15. The topological polar surface area (TPSA) is 71.6 Å². The highest BCUT2D eigenvalue weighted by Gasteiger charge is 2.12. The molecule has 0 atom stereocenters. The van der Waals surface area contributed by atoms with Crippen molar-refractivity contribution in [2.24, 2.45) is 11.8 Å². The smallest absolute Gasteiger partial charge is 0.269 e. The maximum atomic E-state index is 12.3. The van der Waals surface area contributed by atoms with Gasteiger partial charge in [-0.25, -0.2) is 0 Å². The van der Waals surface area contributed by atoms with Crippen LogP contribution in [0.2, 0.25) is 0 Å². The van der Waals surface area contributed by atoms with Crippen molar-refractivity contribution in [3.63, 3.8) is 0 Å². The van der Waals surface area contributed by atoms with Crippen LogP contribution in [0, 0.1) is 11.8 Å². The number of amides is 1. The summed E-state index contributed by atoms with van der Waals surface area (Å²) in [7, 11) is 0. The summed E-state index contributed by atoms with van der Waals surface area (Å²) >= 11 is 5.14. The minimum atomic E-state index is -0.297. The molecule has 0 spiro atoms. The second kappa shape index (κ2) is 11.6. The SMILES string of the molecule is CCOc1cc(C(=O)NNC(=S)NCCC(C)C)ccc1OCC(C)C. The van der Waals surface area contributed by atoms with Crippen LogP contribution in [-0.4, -0.2) is 30.8 Å². The first-order valence-corrected chi connectivity index (χ1v) is 9.48. The van der Waals surface area contributed by atoms with E-state index in [0.717, 1.165) is 13.0 Å². The van der Waals surface area contributed by atoms with E-state index >= 15 is 0 Å². The Kier molecular flexibility index (Phi) is 9.80. The Hall–Kier alpha value is -2.02. The maximum Gasteiger partial charge on any atom is 0.269 e. The van der Waals surface area contributed by atoms with Gasteiger partial charge in [-0.1, -0.05) is 27.7 Å². The number of ether oxygens (including phenoxy) is 2. The molecule has 1 amide bonds. The van der Waals surface area contributed by atoms with E-state index in [2.05, 4.69) is 43.9 Å². The molecule has 0 aliphatic heterocycles. The average Bonchev–Trinajstić information content (AvgIpc) is 2.58. The Morgan fingerprint density at radius 2 is 1.81 bits per heavy atom. The van der Waals surface area contributed by atoms with Crippen LogP contribution in [0.5, 0.6) is 11.5 Å². The van der Waals surface area contributed by atoms with Crippen LogP contribution >= 0.6 is 12.2 Å². The molecular weight excluding hydrogens is 350 g/mol. The number of thiocarbonyl (C=S) groups is 1. The van der Waals surface area contributed by atoms with Gasteiger partial charge in [0.2, 0.25) is 0 Å². The van der Waals surface area contributed by atoms with Crippen LogP contribution < -0.4 is 25.6 Å². The van der Waals surface area contributed by atoms with Crippen molar-refractivity contribution in [1.29, 1.82) is 0 Å². The van der Waals surface area contributed by atoms with E-state index in [4.69, 9.17) is 21.7 Å². The minimum absolute atomic E-state index is 0.297. The first kappa shape index (κ1) is 22.0. The van der Waals surface area contributed by atoms with E-state index in [1.165, 1.54) is 0 Å². The summed E-state index contributed by atoms with van der Waals surface area (Å²) in [6.45, 7) is 12.2. The van der Waals surface area contributed by atoms with Gasteiger partial charge in [-0.05, 0) is 55.6 Å². The average molecular weight is 382 g/mol. The molecule has 0 aliphatic rings. The van der Waals surface area contributed by atoms with Gasteiger partial charge in [0.25, 0.3) is 5.91 Å². The van der Waals surface area contributed by atoms with E-state index in [-0.39, 0.29) is 5.91 Å². The third-order valence-electron chi connectivity index (χ3n) is 3.37. The summed E-state index contributed by atoms with van der Waals surface area (Å²) in [6.07, 6.45) is 1.01. The van der Waals surface area contributed by atoms with Crippen molar-refractivity contribution >= 4 is 23.2 Å². The summed E-state index contributed by atoms with van der Waals surface area (Å²) < 4.78 is 11.3. The van der Waals surface area contributed by atoms with Gasteiger partial charge in [0.05, 0.1) is 13.2 Å². The van der Waals surface area contributed by atoms with Gasteiger partial charge in [0, 0.05) is 12.1 Å². The molecule has 3 N–H and O–H groups in total. The number of hydrogen-bond donors (Lipinski definition) is 3. The maximum absolute atomic E-state index is 12.3. The van der Waals surface area contributed by atoms with Crippen LogP contribution in [-0.2, 0) is 0 Å². The molecule has 1 aromatic rings. The van der Waals surface area contributed by atoms with Crippen molar-refractivity contribution in [3.8, 4) is 11.5 Å². The van der Waals surface area contributed by atoms with E-state index in [0.29, 0.717) is 47.2 Å². The highest BCUT2D eigenvalue weighted by atomic mass is 32.1. The molecule has 146 valence electrons. The molecule has 6 nitrogen and oxygen atoms in total. The molecular formula is C19H31N3O3S. The number of hydrazine groups is 1. The van der Waals surface area contributed by atoms with Gasteiger partial charge in [0.15, 0.2) is 16.6 Å². The van der Waals surface area contributed by atoms with Crippen molar-refractivity contribution in [3.05, 3.63) is 23.8 Å². The number of carbonyl (C=O) groups is 1. The molecule has 1 aromatic carbocycles. The fourth-order valence-corrected chi connectivity index (χ4v) is 2.15. The molecule has 0 unspecified atom stereocenters. The van der Waals surface area contributed by atoms with Gasteiger partial charge >= 0.3 is 0 Å². The van der Waals surface area contributed by atoms with E-state index < -0.39 is 0 Å². The summed E-state index contributed by atoms with van der Waals surface area (Å²) in [5.41, 5.74) is 5.76. The Bertz CT molecular complexity index is 591. The normalized spacial score (nSPS) is 10.6. The number of benzene rings is 1. The van der Waals surface area contributed by atoms with Gasteiger partial charge in [-0.15, -0.1) is 0 Å². The lowest BCUT2D eigenvalue weighted by atomic mass is 10.1. The van der Waals surface area contributed by atoms with E-state index in [1.807, 2.05) is 6.92 Å². The molecule has 0 radical (unpaired) electrons. The van der Waals surface area contributed by atoms with Crippen molar-refractivity contribution in [2.45, 2.75) is 41.0 Å². The Labute approximate surface area is 162 Å². The predicted octanol–water partition coefficient (Wildman–Crippen LogP) is 3.28. The number of hydrogen-bond acceptors (Lipinski definition) is 4. The van der Waals surface area contributed by atoms with Crippen LogP contribution in [0.4, 0.5) is 0 Å². The monoisotopic (exact) mass is 381 g/mol. The molecule has 0 heterocycles. The zero-order valence-corrected chi connectivity index (χ0v) is 17.2. The zero-order valence-electron chi connectivity index (χ0n) is 16.3. The molecule has 0 aromatic heterocycles.